The van der Waals surface area contributed by atoms with Crippen LogP contribution in [0.25, 0.3) is 0 Å². The van der Waals surface area contributed by atoms with E-state index in [1.807, 2.05) is 0 Å². The summed E-state index contributed by atoms with van der Waals surface area (Å²) in [5.74, 6) is 0.974. The zero-order chi connectivity index (χ0) is 12.7. The standard InChI is InChI=1S/C14H29N3/c1-5-14(9-7-8-10-14)11-16-13(15-6-2)17-12(3)4/h12H,5-11H2,1-4H3,(H2,15,16,17). The van der Waals surface area contributed by atoms with Gasteiger partial charge in [0.15, 0.2) is 5.96 Å². The number of hydrogen-bond donors (Lipinski definition) is 2. The van der Waals surface area contributed by atoms with Crippen LogP contribution in [0, 0.1) is 5.41 Å². The molecule has 0 heterocycles. The van der Waals surface area contributed by atoms with E-state index in [1.165, 1.54) is 32.1 Å². The van der Waals surface area contributed by atoms with Crippen molar-refractivity contribution in [3.05, 3.63) is 0 Å². The van der Waals surface area contributed by atoms with Gasteiger partial charge in [-0.2, -0.15) is 0 Å². The third-order valence-electron chi connectivity index (χ3n) is 3.76. The molecule has 0 saturated heterocycles. The Morgan fingerprint density at radius 1 is 1.24 bits per heavy atom. The second kappa shape index (κ2) is 6.87. The van der Waals surface area contributed by atoms with Crippen molar-refractivity contribution < 1.29 is 0 Å². The monoisotopic (exact) mass is 239 g/mol. The summed E-state index contributed by atoms with van der Waals surface area (Å²) in [5.41, 5.74) is 0.485. The molecule has 17 heavy (non-hydrogen) atoms. The maximum atomic E-state index is 4.77. The molecule has 1 aliphatic rings. The van der Waals surface area contributed by atoms with Gasteiger partial charge in [-0.15, -0.1) is 0 Å². The van der Waals surface area contributed by atoms with Crippen LogP contribution < -0.4 is 10.6 Å². The van der Waals surface area contributed by atoms with Gasteiger partial charge in [0.05, 0.1) is 0 Å². The van der Waals surface area contributed by atoms with Crippen molar-refractivity contribution in [3.8, 4) is 0 Å². The van der Waals surface area contributed by atoms with E-state index in [9.17, 15) is 0 Å². The molecule has 0 aromatic heterocycles. The Morgan fingerprint density at radius 2 is 1.88 bits per heavy atom. The lowest BCUT2D eigenvalue weighted by Gasteiger charge is -2.26. The minimum atomic E-state index is 0.439. The number of guanidine groups is 1. The van der Waals surface area contributed by atoms with Crippen LogP contribution >= 0.6 is 0 Å². The summed E-state index contributed by atoms with van der Waals surface area (Å²) in [4.78, 5) is 4.77. The van der Waals surface area contributed by atoms with Crippen LogP contribution in [0.4, 0.5) is 0 Å². The van der Waals surface area contributed by atoms with Gasteiger partial charge in [0.25, 0.3) is 0 Å². The average Bonchev–Trinajstić information content (AvgIpc) is 2.75. The molecule has 0 aliphatic heterocycles. The maximum Gasteiger partial charge on any atom is 0.191 e. The molecule has 0 atom stereocenters. The first-order valence-corrected chi connectivity index (χ1v) is 7.17. The van der Waals surface area contributed by atoms with E-state index in [1.54, 1.807) is 0 Å². The van der Waals surface area contributed by atoms with Gasteiger partial charge in [0, 0.05) is 19.1 Å². The third kappa shape index (κ3) is 4.57. The fourth-order valence-corrected chi connectivity index (χ4v) is 2.59. The molecule has 1 rings (SSSR count). The van der Waals surface area contributed by atoms with E-state index in [4.69, 9.17) is 4.99 Å². The summed E-state index contributed by atoms with van der Waals surface area (Å²) in [6, 6.07) is 0.439. The highest BCUT2D eigenvalue weighted by atomic mass is 15.2. The zero-order valence-electron chi connectivity index (χ0n) is 12.0. The van der Waals surface area contributed by atoms with E-state index in [-0.39, 0.29) is 0 Å². The van der Waals surface area contributed by atoms with Crippen LogP contribution in [-0.2, 0) is 0 Å². The van der Waals surface area contributed by atoms with Gasteiger partial charge in [-0.25, -0.2) is 0 Å². The summed E-state index contributed by atoms with van der Waals surface area (Å²) < 4.78 is 0. The third-order valence-corrected chi connectivity index (χ3v) is 3.76. The molecule has 3 nitrogen and oxygen atoms in total. The molecule has 100 valence electrons. The number of nitrogens with one attached hydrogen (secondary N) is 2. The second-order valence-electron chi connectivity index (χ2n) is 5.55. The van der Waals surface area contributed by atoms with Crippen molar-refractivity contribution in [1.29, 1.82) is 0 Å². The Hall–Kier alpha value is -0.730. The first-order valence-electron chi connectivity index (χ1n) is 7.17. The highest BCUT2D eigenvalue weighted by Gasteiger charge is 2.31. The molecule has 0 unspecified atom stereocenters. The van der Waals surface area contributed by atoms with Crippen LogP contribution in [0.3, 0.4) is 0 Å². The Labute approximate surface area is 106 Å². The van der Waals surface area contributed by atoms with Gasteiger partial charge in [0.1, 0.15) is 0 Å². The molecule has 0 amide bonds. The smallest absolute Gasteiger partial charge is 0.191 e. The van der Waals surface area contributed by atoms with Gasteiger partial charge >= 0.3 is 0 Å². The van der Waals surface area contributed by atoms with Crippen molar-refractivity contribution in [2.24, 2.45) is 10.4 Å². The summed E-state index contributed by atoms with van der Waals surface area (Å²) in [6.07, 6.45) is 6.74. The predicted molar refractivity (Wildman–Crippen MR) is 75.4 cm³/mol. The van der Waals surface area contributed by atoms with E-state index in [0.29, 0.717) is 11.5 Å². The van der Waals surface area contributed by atoms with Gasteiger partial charge < -0.3 is 10.6 Å². The molecule has 1 saturated carbocycles. The van der Waals surface area contributed by atoms with Crippen LogP contribution in [0.1, 0.15) is 59.8 Å². The topological polar surface area (TPSA) is 36.4 Å². The Morgan fingerprint density at radius 3 is 2.35 bits per heavy atom. The highest BCUT2D eigenvalue weighted by Crippen LogP contribution is 2.41. The molecule has 1 aliphatic carbocycles. The lowest BCUT2D eigenvalue weighted by Crippen LogP contribution is -2.41. The SMILES string of the molecule is CCNC(=NCC1(CC)CCCC1)NC(C)C. The van der Waals surface area contributed by atoms with E-state index in [2.05, 4.69) is 38.3 Å². The molecule has 3 heteroatoms. The van der Waals surface area contributed by atoms with Crippen LogP contribution in [-0.4, -0.2) is 25.1 Å². The summed E-state index contributed by atoms with van der Waals surface area (Å²) in [7, 11) is 0. The molecule has 2 N–H and O–H groups in total. The average molecular weight is 239 g/mol. The van der Waals surface area contributed by atoms with Crippen LogP contribution in [0.5, 0.6) is 0 Å². The van der Waals surface area contributed by atoms with E-state index >= 15 is 0 Å². The first-order chi connectivity index (χ1) is 8.12. The number of nitrogens with zero attached hydrogens (tertiary/aromatic N) is 1. The van der Waals surface area contributed by atoms with Gasteiger partial charge in [-0.1, -0.05) is 19.8 Å². The predicted octanol–water partition coefficient (Wildman–Crippen LogP) is 2.92. The van der Waals surface area contributed by atoms with Gasteiger partial charge in [0.2, 0.25) is 0 Å². The van der Waals surface area contributed by atoms with Crippen molar-refractivity contribution in [1.82, 2.24) is 10.6 Å². The molecule has 0 aromatic rings. The van der Waals surface area contributed by atoms with E-state index in [0.717, 1.165) is 19.0 Å². The molecule has 0 aromatic carbocycles. The Bertz CT molecular complexity index is 240. The molecular weight excluding hydrogens is 210 g/mol. The molecular formula is C14H29N3. The normalized spacial score (nSPS) is 19.7. The number of rotatable bonds is 5. The Kier molecular flexibility index (Phi) is 5.79. The van der Waals surface area contributed by atoms with Crippen molar-refractivity contribution >= 4 is 5.96 Å². The summed E-state index contributed by atoms with van der Waals surface area (Å²) >= 11 is 0. The summed E-state index contributed by atoms with van der Waals surface area (Å²) in [5, 5.41) is 6.70. The minimum absolute atomic E-state index is 0.439. The fraction of sp³-hybridized carbons (Fsp3) is 0.929. The Balaban J connectivity index is 2.57. The van der Waals surface area contributed by atoms with Crippen LogP contribution in [0.2, 0.25) is 0 Å². The fourth-order valence-electron chi connectivity index (χ4n) is 2.59. The zero-order valence-corrected chi connectivity index (χ0v) is 12.0. The minimum Gasteiger partial charge on any atom is -0.357 e. The largest absolute Gasteiger partial charge is 0.357 e. The number of aliphatic imine (C=N–C) groups is 1. The van der Waals surface area contributed by atoms with E-state index < -0.39 is 0 Å². The quantitative estimate of drug-likeness (QED) is 0.572. The molecule has 1 fully saturated rings. The molecule has 0 spiro atoms. The van der Waals surface area contributed by atoms with Crippen molar-refractivity contribution in [2.75, 3.05) is 13.1 Å². The maximum absolute atomic E-state index is 4.77. The first kappa shape index (κ1) is 14.3. The van der Waals surface area contributed by atoms with Gasteiger partial charge in [-0.3, -0.25) is 4.99 Å². The van der Waals surface area contributed by atoms with Crippen molar-refractivity contribution in [3.63, 3.8) is 0 Å². The lowest BCUT2D eigenvalue weighted by molar-refractivity contribution is 0.297. The lowest BCUT2D eigenvalue weighted by atomic mass is 9.84. The summed E-state index contributed by atoms with van der Waals surface area (Å²) in [6.45, 7) is 10.6. The number of hydrogen-bond acceptors (Lipinski definition) is 1. The second-order valence-corrected chi connectivity index (χ2v) is 5.55. The molecule has 0 bridgehead atoms. The van der Waals surface area contributed by atoms with Gasteiger partial charge in [-0.05, 0) is 45.4 Å². The molecule has 0 radical (unpaired) electrons. The van der Waals surface area contributed by atoms with Crippen molar-refractivity contribution in [2.45, 2.75) is 65.8 Å². The van der Waals surface area contributed by atoms with Crippen LogP contribution in [0.15, 0.2) is 4.99 Å². The highest BCUT2D eigenvalue weighted by molar-refractivity contribution is 5.80.